The Kier molecular flexibility index (Phi) is 5.95. The van der Waals surface area contributed by atoms with Crippen molar-refractivity contribution in [2.45, 2.75) is 25.4 Å². The van der Waals surface area contributed by atoms with E-state index < -0.39 is 0 Å². The van der Waals surface area contributed by atoms with Gasteiger partial charge in [-0.3, -0.25) is 9.78 Å². The number of rotatable bonds is 6. The molecule has 0 saturated carbocycles. The molecule has 5 rings (SSSR count). The summed E-state index contributed by atoms with van der Waals surface area (Å²) in [6.07, 6.45) is 6.17. The molecule has 4 heterocycles. The Morgan fingerprint density at radius 3 is 3.03 bits per heavy atom. The second-order valence-corrected chi connectivity index (χ2v) is 8.56. The van der Waals surface area contributed by atoms with Crippen molar-refractivity contribution in [3.63, 3.8) is 0 Å². The fourth-order valence-corrected chi connectivity index (χ4v) is 4.45. The van der Waals surface area contributed by atoms with Crippen LogP contribution in [0.5, 0.6) is 5.75 Å². The number of benzene rings is 1. The predicted octanol–water partition coefficient (Wildman–Crippen LogP) is 4.97. The molecular formula is C23H22Cl2N4O3. The molecular weight excluding hydrogens is 451 g/mol. The number of halogens is 2. The Bertz CT molecular complexity index is 1160. The molecule has 1 saturated heterocycles. The molecule has 2 aliphatic heterocycles. The van der Waals surface area contributed by atoms with Crippen molar-refractivity contribution in [2.75, 3.05) is 25.1 Å². The second kappa shape index (κ2) is 9.02. The number of hydrogen-bond donors (Lipinski definition) is 3. The summed E-state index contributed by atoms with van der Waals surface area (Å²) in [4.78, 5) is 20.5. The van der Waals surface area contributed by atoms with Crippen molar-refractivity contribution in [3.05, 3.63) is 58.0 Å². The zero-order chi connectivity index (χ0) is 22.1. The molecule has 1 amide bonds. The number of ether oxygens (including phenoxy) is 2. The van der Waals surface area contributed by atoms with E-state index in [1.807, 2.05) is 12.1 Å². The molecule has 0 bridgehead atoms. The Morgan fingerprint density at radius 2 is 2.19 bits per heavy atom. The maximum absolute atomic E-state index is 12.8. The number of anilines is 2. The van der Waals surface area contributed by atoms with E-state index in [1.54, 1.807) is 24.5 Å². The first-order valence-electron chi connectivity index (χ1n) is 10.5. The molecule has 9 heteroatoms. The molecule has 0 radical (unpaired) electrons. The van der Waals surface area contributed by atoms with Crippen molar-refractivity contribution >= 4 is 40.5 Å². The van der Waals surface area contributed by atoms with Gasteiger partial charge in [-0.1, -0.05) is 29.3 Å². The molecule has 2 aromatic heterocycles. The number of carbonyl (C=O) groups excluding carboxylic acids is 1. The highest BCUT2D eigenvalue weighted by Gasteiger charge is 2.29. The van der Waals surface area contributed by atoms with E-state index >= 15 is 0 Å². The van der Waals surface area contributed by atoms with E-state index in [0.717, 1.165) is 36.4 Å². The third kappa shape index (κ3) is 4.03. The number of aromatic nitrogens is 2. The average Bonchev–Trinajstić information content (AvgIpc) is 3.44. The summed E-state index contributed by atoms with van der Waals surface area (Å²) in [6.45, 7) is 1.78. The molecule has 0 aliphatic carbocycles. The quantitative estimate of drug-likeness (QED) is 0.471. The molecule has 7 nitrogen and oxygen atoms in total. The molecule has 3 aromatic rings. The van der Waals surface area contributed by atoms with E-state index in [9.17, 15) is 4.79 Å². The number of aromatic amines is 1. The van der Waals surface area contributed by atoms with Crippen LogP contribution in [0.15, 0.2) is 36.7 Å². The number of nitrogens with zero attached hydrogens (tertiary/aromatic N) is 1. The number of hydrogen-bond acceptors (Lipinski definition) is 5. The normalized spacial score (nSPS) is 17.7. The first-order valence-corrected chi connectivity index (χ1v) is 11.3. The Labute approximate surface area is 195 Å². The summed E-state index contributed by atoms with van der Waals surface area (Å²) < 4.78 is 11.8. The van der Waals surface area contributed by atoms with Gasteiger partial charge in [-0.2, -0.15) is 0 Å². The molecule has 3 N–H and O–H groups in total. The standard InChI is InChI=1S/C23H22Cl2N4O3/c24-15-4-1-5-17(20(15)25)29-22-19-16(7-9-27-23(19)30)28-21(22)14-6-8-26-11-18(14)32-12-13-3-2-10-31-13/h1,4-6,8,11,13,28-29H,2-3,7,9-10,12H2,(H,27,30). The molecule has 32 heavy (non-hydrogen) atoms. The van der Waals surface area contributed by atoms with E-state index in [4.69, 9.17) is 32.7 Å². The van der Waals surface area contributed by atoms with Crippen LogP contribution in [-0.4, -0.2) is 41.7 Å². The lowest BCUT2D eigenvalue weighted by atomic mass is 10.0. The molecule has 166 valence electrons. The number of pyridine rings is 1. The van der Waals surface area contributed by atoms with Crippen LogP contribution < -0.4 is 15.4 Å². The van der Waals surface area contributed by atoms with E-state index in [-0.39, 0.29) is 12.0 Å². The topological polar surface area (TPSA) is 88.3 Å². The lowest BCUT2D eigenvalue weighted by Gasteiger charge is -2.17. The first kappa shape index (κ1) is 21.1. The predicted molar refractivity (Wildman–Crippen MR) is 124 cm³/mol. The maximum Gasteiger partial charge on any atom is 0.255 e. The third-order valence-corrected chi connectivity index (χ3v) is 6.50. The molecule has 2 aliphatic rings. The average molecular weight is 473 g/mol. The Balaban J connectivity index is 1.57. The van der Waals surface area contributed by atoms with Gasteiger partial charge in [0.2, 0.25) is 0 Å². The van der Waals surface area contributed by atoms with Crippen molar-refractivity contribution in [3.8, 4) is 17.0 Å². The van der Waals surface area contributed by atoms with Crippen molar-refractivity contribution < 1.29 is 14.3 Å². The van der Waals surface area contributed by atoms with Gasteiger partial charge in [-0.05, 0) is 31.0 Å². The zero-order valence-corrected chi connectivity index (χ0v) is 18.7. The Hall–Kier alpha value is -2.74. The minimum Gasteiger partial charge on any atom is -0.489 e. The fourth-order valence-electron chi connectivity index (χ4n) is 4.10. The zero-order valence-electron chi connectivity index (χ0n) is 17.2. The summed E-state index contributed by atoms with van der Waals surface area (Å²) in [5.41, 5.74) is 4.16. The van der Waals surface area contributed by atoms with E-state index in [2.05, 4.69) is 20.6 Å². The number of fused-ring (bicyclic) bond motifs is 1. The van der Waals surface area contributed by atoms with Crippen molar-refractivity contribution in [1.82, 2.24) is 15.3 Å². The van der Waals surface area contributed by atoms with Gasteiger partial charge >= 0.3 is 0 Å². The van der Waals surface area contributed by atoms with Crippen molar-refractivity contribution in [1.29, 1.82) is 0 Å². The molecule has 0 spiro atoms. The summed E-state index contributed by atoms with van der Waals surface area (Å²) >= 11 is 12.6. The minimum absolute atomic E-state index is 0.0774. The fraction of sp³-hybridized carbons (Fsp3) is 0.304. The smallest absolute Gasteiger partial charge is 0.255 e. The van der Waals surface area contributed by atoms with Gasteiger partial charge in [0, 0.05) is 37.0 Å². The van der Waals surface area contributed by atoms with Crippen LogP contribution >= 0.6 is 23.2 Å². The van der Waals surface area contributed by atoms with Crippen LogP contribution in [0.2, 0.25) is 10.0 Å². The van der Waals surface area contributed by atoms with Gasteiger partial charge in [0.25, 0.3) is 5.91 Å². The van der Waals surface area contributed by atoms with E-state index in [0.29, 0.717) is 52.3 Å². The van der Waals surface area contributed by atoms with Crippen LogP contribution in [0, 0.1) is 0 Å². The monoisotopic (exact) mass is 472 g/mol. The largest absolute Gasteiger partial charge is 0.489 e. The molecule has 1 unspecified atom stereocenters. The van der Waals surface area contributed by atoms with Gasteiger partial charge in [0.05, 0.1) is 45.0 Å². The number of carbonyl (C=O) groups is 1. The van der Waals surface area contributed by atoms with Crippen LogP contribution in [0.4, 0.5) is 11.4 Å². The van der Waals surface area contributed by atoms with Gasteiger partial charge in [0.15, 0.2) is 0 Å². The molecule has 1 aromatic carbocycles. The summed E-state index contributed by atoms with van der Waals surface area (Å²) in [7, 11) is 0. The van der Waals surface area contributed by atoms with Crippen molar-refractivity contribution in [2.24, 2.45) is 0 Å². The maximum atomic E-state index is 12.8. The van der Waals surface area contributed by atoms with Crippen LogP contribution in [0.1, 0.15) is 28.9 Å². The highest BCUT2D eigenvalue weighted by atomic mass is 35.5. The first-order chi connectivity index (χ1) is 15.6. The third-order valence-electron chi connectivity index (χ3n) is 5.68. The number of nitrogens with one attached hydrogen (secondary N) is 3. The van der Waals surface area contributed by atoms with Gasteiger partial charge < -0.3 is 25.1 Å². The summed E-state index contributed by atoms with van der Waals surface area (Å²) in [5.74, 6) is 0.465. The lowest BCUT2D eigenvalue weighted by molar-refractivity contribution is 0.0680. The highest BCUT2D eigenvalue weighted by Crippen LogP contribution is 2.42. The molecule has 1 atom stereocenters. The second-order valence-electron chi connectivity index (χ2n) is 7.78. The van der Waals surface area contributed by atoms with Gasteiger partial charge in [-0.25, -0.2) is 0 Å². The van der Waals surface area contributed by atoms with E-state index in [1.165, 1.54) is 0 Å². The van der Waals surface area contributed by atoms with Crippen LogP contribution in [-0.2, 0) is 11.2 Å². The van der Waals surface area contributed by atoms with Crippen LogP contribution in [0.3, 0.4) is 0 Å². The minimum atomic E-state index is -0.148. The number of H-pyrrole nitrogens is 1. The Morgan fingerprint density at radius 1 is 1.28 bits per heavy atom. The molecule has 1 fully saturated rings. The summed E-state index contributed by atoms with van der Waals surface area (Å²) in [5, 5.41) is 7.06. The highest BCUT2D eigenvalue weighted by molar-refractivity contribution is 6.43. The number of amides is 1. The summed E-state index contributed by atoms with van der Waals surface area (Å²) in [6, 6.07) is 7.21. The SMILES string of the molecule is O=C1NCCc2[nH]c(-c3ccncc3OCC3CCCO3)c(Nc3cccc(Cl)c3Cl)c21. The van der Waals surface area contributed by atoms with Gasteiger partial charge in [0.1, 0.15) is 12.4 Å². The lowest BCUT2D eigenvalue weighted by Crippen LogP contribution is -2.31. The van der Waals surface area contributed by atoms with Gasteiger partial charge in [-0.15, -0.1) is 0 Å². The van der Waals surface area contributed by atoms with Crippen LogP contribution in [0.25, 0.3) is 11.3 Å².